The van der Waals surface area contributed by atoms with Crippen molar-refractivity contribution in [1.29, 1.82) is 0 Å². The van der Waals surface area contributed by atoms with Gasteiger partial charge in [0.15, 0.2) is 0 Å². The Hall–Kier alpha value is 15.6. The van der Waals surface area contributed by atoms with E-state index in [0.29, 0.717) is 0 Å². The SMILES string of the molecule is CC[C-]=CCC[C-]=CCC[C-]=CC1C(C(C)OCP(=O)([O-])P(C)(=O)[O-])C1(C)CCC=[C-]CCC=[C-]CC.[Y].[Y].[Y].[Y].[Y].[Y].[Y].[Y].[Y].[Y].[Y].[Y].[Y].[Y].[Y]. The van der Waals surface area contributed by atoms with Gasteiger partial charge in [-0.25, -0.2) is 0 Å². The van der Waals surface area contributed by atoms with Crippen LogP contribution in [-0.2, 0) is 505 Å². The molecule has 1 rings (SSSR count). The van der Waals surface area contributed by atoms with E-state index < -0.39 is 20.5 Å². The van der Waals surface area contributed by atoms with E-state index in [1.807, 2.05) is 6.92 Å². The summed E-state index contributed by atoms with van der Waals surface area (Å²) in [4.78, 5) is 23.6. The van der Waals surface area contributed by atoms with Crippen molar-refractivity contribution in [1.82, 2.24) is 0 Å². The fourth-order valence-corrected chi connectivity index (χ4v) is 5.94. The molecule has 0 aromatic rings. The molecule has 0 heterocycles. The molecule has 6 atom stereocenters. The summed E-state index contributed by atoms with van der Waals surface area (Å²) in [7, 11) is -9.12. The molecule has 0 aliphatic heterocycles. The zero-order valence-electron chi connectivity index (χ0n) is 32.0. The molecule has 1 fully saturated rings. The molecular weight excluding hydrogens is 1840 g/mol. The molecule has 6 unspecified atom stereocenters. The van der Waals surface area contributed by atoms with Gasteiger partial charge in [0, 0.05) is 491 Å². The molecule has 0 bridgehead atoms. The molecule has 22 heteroatoms. The van der Waals surface area contributed by atoms with Gasteiger partial charge in [0.1, 0.15) is 0 Å². The van der Waals surface area contributed by atoms with Crippen LogP contribution in [0, 0.1) is 47.6 Å². The van der Waals surface area contributed by atoms with Gasteiger partial charge >= 0.3 is 0 Å². The van der Waals surface area contributed by atoms with Gasteiger partial charge in [-0.15, -0.1) is 0 Å². The van der Waals surface area contributed by atoms with Gasteiger partial charge in [0.05, 0.1) is 26.6 Å². The third kappa shape index (κ3) is 53.4. The number of unbranched alkanes of at least 4 members (excludes halogenated alkanes) is 3. The normalized spacial score (nSPS) is 18.9. The Balaban J connectivity index is -0.0000000702. The van der Waals surface area contributed by atoms with Crippen molar-refractivity contribution in [3.63, 3.8) is 0 Å². The second-order valence-corrected chi connectivity index (χ2v) is 17.0. The van der Waals surface area contributed by atoms with Crippen LogP contribution in [0.3, 0.4) is 0 Å². The number of hydrogen-bond donors (Lipinski definition) is 0. The maximum absolute atomic E-state index is 12.0. The van der Waals surface area contributed by atoms with Gasteiger partial charge in [-0.3, -0.25) is 30.4 Å². The monoisotopic (exact) mass is 1880 g/mol. The van der Waals surface area contributed by atoms with Crippen LogP contribution in [0.2, 0.25) is 0 Å². The first kappa shape index (κ1) is 108. The summed E-state index contributed by atoms with van der Waals surface area (Å²) >= 11 is 0. The largest absolute Gasteiger partial charge is 0.795 e. The van der Waals surface area contributed by atoms with Crippen LogP contribution in [0.5, 0.6) is 0 Å². The van der Waals surface area contributed by atoms with Crippen LogP contribution >= 0.6 is 14.1 Å². The second kappa shape index (κ2) is 68.7. The van der Waals surface area contributed by atoms with E-state index in [0.717, 1.165) is 70.9 Å². The molecule has 5 nitrogen and oxygen atoms in total. The summed E-state index contributed by atoms with van der Waals surface area (Å²) in [5.74, 6) is 0.300. The fraction of sp³-hybridized carbons (Fsp3) is 0.667. The molecule has 0 aromatic heterocycles. The van der Waals surface area contributed by atoms with Crippen LogP contribution in [-0.4, -0.2) is 19.1 Å². The molecule has 1 aliphatic rings. The fourth-order valence-electron chi connectivity index (χ4n) is 4.47. The first-order valence-corrected chi connectivity index (χ1v) is 18.1. The molecule has 0 amide bonds. The van der Waals surface area contributed by atoms with Crippen LogP contribution in [0.15, 0.2) is 30.4 Å². The van der Waals surface area contributed by atoms with E-state index in [2.05, 4.69) is 81.5 Å². The van der Waals surface area contributed by atoms with E-state index in [1.54, 1.807) is 0 Å². The first-order valence-electron chi connectivity index (χ1n) is 13.5. The van der Waals surface area contributed by atoms with Crippen molar-refractivity contribution in [3.8, 4) is 0 Å². The minimum absolute atomic E-state index is 0. The van der Waals surface area contributed by atoms with Gasteiger partial charge < -0.3 is 54.0 Å². The predicted molar refractivity (Wildman–Crippen MR) is 148 cm³/mol. The van der Waals surface area contributed by atoms with Gasteiger partial charge in [-0.05, 0) is 37.3 Å². The van der Waals surface area contributed by atoms with Gasteiger partial charge in [-0.1, -0.05) is 46.5 Å². The zero-order valence-corrected chi connectivity index (χ0v) is 76.4. The predicted octanol–water partition coefficient (Wildman–Crippen LogP) is 7.12. The Morgan fingerprint density at radius 3 is 1.35 bits per heavy atom. The summed E-state index contributed by atoms with van der Waals surface area (Å²) in [5.41, 5.74) is -0.0647. The van der Waals surface area contributed by atoms with Crippen LogP contribution in [0.1, 0.15) is 91.9 Å². The van der Waals surface area contributed by atoms with Gasteiger partial charge in [0.2, 0.25) is 0 Å². The number of rotatable bonds is 20. The zero-order chi connectivity index (χ0) is 27.8. The number of ether oxygens (including phenoxy) is 1. The average molecular weight is 1880 g/mol. The third-order valence-electron chi connectivity index (χ3n) is 6.77. The van der Waals surface area contributed by atoms with E-state index in [-0.39, 0.29) is 514 Å². The van der Waals surface area contributed by atoms with E-state index in [1.165, 1.54) is 0 Å². The Kier molecular flexibility index (Phi) is 143. The first-order chi connectivity index (χ1) is 17.5. The Morgan fingerprint density at radius 1 is 0.635 bits per heavy atom. The van der Waals surface area contributed by atoms with Crippen molar-refractivity contribution in [2.45, 2.75) is 98.0 Å². The minimum atomic E-state index is -4.63. The van der Waals surface area contributed by atoms with Crippen LogP contribution < -0.4 is 9.79 Å². The summed E-state index contributed by atoms with van der Waals surface area (Å²) in [6, 6.07) is 0. The van der Waals surface area contributed by atoms with E-state index in [4.69, 9.17) is 4.74 Å². The quantitative estimate of drug-likeness (QED) is 0.0737. The molecule has 1 saturated carbocycles. The van der Waals surface area contributed by atoms with Crippen LogP contribution in [0.4, 0.5) is 0 Å². The third-order valence-corrected chi connectivity index (χ3v) is 12.0. The van der Waals surface area contributed by atoms with Gasteiger partial charge in [-0.2, -0.15) is 32.1 Å². The topological polar surface area (TPSA) is 89.5 Å². The minimum Gasteiger partial charge on any atom is -0.795 e. The summed E-state index contributed by atoms with van der Waals surface area (Å²) in [6.07, 6.45) is 34.6. The Bertz CT molecular complexity index is 927. The molecule has 52 heavy (non-hydrogen) atoms. The van der Waals surface area contributed by atoms with Crippen LogP contribution in [0.25, 0.3) is 0 Å². The Morgan fingerprint density at radius 2 is 0.981 bits per heavy atom. The molecule has 0 aromatic carbocycles. The molecular formula is C30H45O5P2Y15-7. The molecule has 15 radical (unpaired) electrons. The molecule has 0 spiro atoms. The van der Waals surface area contributed by atoms with Crippen molar-refractivity contribution in [2.24, 2.45) is 17.3 Å². The summed E-state index contributed by atoms with van der Waals surface area (Å²) in [5, 5.41) is 0. The molecule has 0 saturated heterocycles. The van der Waals surface area contributed by atoms with E-state index in [9.17, 15) is 18.9 Å². The van der Waals surface area contributed by atoms with Crippen molar-refractivity contribution >= 4 is 14.1 Å². The maximum atomic E-state index is 12.0. The second-order valence-electron chi connectivity index (χ2n) is 9.86. The summed E-state index contributed by atoms with van der Waals surface area (Å²) < 4.78 is 29.2. The molecule has 1 aliphatic carbocycles. The maximum Gasteiger partial charge on any atom is 0.0928 e. The van der Waals surface area contributed by atoms with Crippen molar-refractivity contribution < 1.29 is 514 Å². The van der Waals surface area contributed by atoms with E-state index >= 15 is 0 Å². The number of hydrogen-bond acceptors (Lipinski definition) is 5. The average Bonchev–Trinajstić information content (AvgIpc) is 3.43. The van der Waals surface area contributed by atoms with Crippen molar-refractivity contribution in [3.05, 3.63) is 60.8 Å². The summed E-state index contributed by atoms with van der Waals surface area (Å²) in [6.45, 7) is 8.90. The van der Waals surface area contributed by atoms with Gasteiger partial charge in [0.25, 0.3) is 0 Å². The smallest absolute Gasteiger partial charge is 0.0928 e. The molecule has 257 valence electrons. The number of allylic oxidation sites excluding steroid dienone is 10. The standard InChI is InChI=1S/C30H47O5P2.15Y/c1-6-8-10-12-14-16-17-18-20-22-24-28-29(27(3)35-26-37(33,34)36(5,31)32)30(28,4)25-23-21-19-15-13-11-9-7-2;;;;;;;;;;;;;;;/h10-11,17,21,24,27-29H,6-7,12-15,18,20,23,25-26H2,1-5H3,(H,31,32)(H,33,34);;;;;;;;;;;;;;;/q-5;;;;;;;;;;;;;;;/p-2. The Labute approximate surface area is 697 Å². The van der Waals surface area contributed by atoms with Crippen molar-refractivity contribution in [2.75, 3.05) is 13.0 Å². The molecule has 0 N–H and O–H groups in total.